The standard InChI is InChI=1S/C30H32F7NO2S/c1-15(2)23-12-24(26(39-5)13-25(23)31)22-7-6-16(3)8-19(22)14-38-17(4)27(40-28(38)41)18-9-20(29(32,33)34)11-21(10-18)30(35,36)37/h9-13,15-17,27H,6-8,14H2,1-5H3. The number of thiocarbonyl (C=S) groups is 1. The molecule has 0 N–H and O–H groups in total. The molecule has 4 rings (SSSR count). The van der Waals surface area contributed by atoms with E-state index < -0.39 is 35.6 Å². The second-order valence-electron chi connectivity index (χ2n) is 11.2. The van der Waals surface area contributed by atoms with Crippen molar-refractivity contribution in [1.82, 2.24) is 4.90 Å². The van der Waals surface area contributed by atoms with Gasteiger partial charge in [-0.25, -0.2) is 4.39 Å². The van der Waals surface area contributed by atoms with Gasteiger partial charge >= 0.3 is 12.4 Å². The Morgan fingerprint density at radius 1 is 1.00 bits per heavy atom. The van der Waals surface area contributed by atoms with Crippen molar-refractivity contribution in [3.8, 4) is 5.75 Å². The molecule has 2 aromatic carbocycles. The summed E-state index contributed by atoms with van der Waals surface area (Å²) in [5.74, 6) is 0.284. The van der Waals surface area contributed by atoms with Gasteiger partial charge in [-0.3, -0.25) is 0 Å². The van der Waals surface area contributed by atoms with Crippen LogP contribution in [0.15, 0.2) is 35.9 Å². The fourth-order valence-electron chi connectivity index (χ4n) is 5.63. The number of halogens is 7. The lowest BCUT2D eigenvalue weighted by Crippen LogP contribution is -2.34. The van der Waals surface area contributed by atoms with Gasteiger partial charge in [0.05, 0.1) is 24.3 Å². The van der Waals surface area contributed by atoms with Crippen LogP contribution in [-0.4, -0.2) is 29.8 Å². The fourth-order valence-corrected chi connectivity index (χ4v) is 5.96. The van der Waals surface area contributed by atoms with E-state index >= 15 is 0 Å². The van der Waals surface area contributed by atoms with E-state index in [-0.39, 0.29) is 35.1 Å². The number of rotatable bonds is 6. The Kier molecular flexibility index (Phi) is 8.70. The molecule has 2 aliphatic rings. The van der Waals surface area contributed by atoms with Crippen LogP contribution in [0.1, 0.15) is 86.8 Å². The smallest absolute Gasteiger partial charge is 0.416 e. The molecule has 1 heterocycles. The molecule has 1 saturated heterocycles. The van der Waals surface area contributed by atoms with E-state index in [2.05, 4.69) is 6.92 Å². The first-order valence-electron chi connectivity index (χ1n) is 13.4. The van der Waals surface area contributed by atoms with Gasteiger partial charge in [-0.2, -0.15) is 26.3 Å². The van der Waals surface area contributed by atoms with E-state index in [0.29, 0.717) is 42.2 Å². The number of benzene rings is 2. The van der Waals surface area contributed by atoms with Crippen LogP contribution in [0.25, 0.3) is 5.57 Å². The maximum atomic E-state index is 14.8. The van der Waals surface area contributed by atoms with Crippen LogP contribution in [0.3, 0.4) is 0 Å². The van der Waals surface area contributed by atoms with E-state index in [1.54, 1.807) is 17.9 Å². The molecule has 1 aliphatic heterocycles. The Morgan fingerprint density at radius 3 is 2.15 bits per heavy atom. The van der Waals surface area contributed by atoms with Crippen molar-refractivity contribution < 1.29 is 40.2 Å². The van der Waals surface area contributed by atoms with Crippen molar-refractivity contribution in [3.63, 3.8) is 0 Å². The van der Waals surface area contributed by atoms with Crippen molar-refractivity contribution in [3.05, 3.63) is 69.5 Å². The van der Waals surface area contributed by atoms with Crippen LogP contribution in [0.2, 0.25) is 0 Å². The summed E-state index contributed by atoms with van der Waals surface area (Å²) in [5, 5.41) is -0.00696. The molecule has 0 spiro atoms. The molecule has 1 aliphatic carbocycles. The topological polar surface area (TPSA) is 21.7 Å². The fraction of sp³-hybridized carbons (Fsp3) is 0.500. The predicted octanol–water partition coefficient (Wildman–Crippen LogP) is 9.32. The highest BCUT2D eigenvalue weighted by Crippen LogP contribution is 2.44. The maximum Gasteiger partial charge on any atom is 0.416 e. The molecular weight excluding hydrogens is 571 g/mol. The van der Waals surface area contributed by atoms with Crippen molar-refractivity contribution in [2.24, 2.45) is 5.92 Å². The normalized spacial score (nSPS) is 22.0. The summed E-state index contributed by atoms with van der Waals surface area (Å²) in [6.07, 6.45) is -8.81. The molecule has 2 aromatic rings. The quantitative estimate of drug-likeness (QED) is 0.242. The third-order valence-electron chi connectivity index (χ3n) is 7.87. The number of hydrogen-bond donors (Lipinski definition) is 0. The Labute approximate surface area is 240 Å². The van der Waals surface area contributed by atoms with Crippen molar-refractivity contribution in [1.29, 1.82) is 0 Å². The van der Waals surface area contributed by atoms with E-state index in [1.807, 2.05) is 13.8 Å². The van der Waals surface area contributed by atoms with Gasteiger partial charge in [0.2, 0.25) is 0 Å². The highest BCUT2D eigenvalue weighted by molar-refractivity contribution is 7.80. The number of methoxy groups -OCH3 is 1. The summed E-state index contributed by atoms with van der Waals surface area (Å²) >= 11 is 5.44. The third kappa shape index (κ3) is 6.49. The van der Waals surface area contributed by atoms with Crippen LogP contribution < -0.4 is 4.74 Å². The Morgan fingerprint density at radius 2 is 1.61 bits per heavy atom. The number of hydrogen-bond acceptors (Lipinski definition) is 3. The zero-order chi connectivity index (χ0) is 30.4. The van der Waals surface area contributed by atoms with Crippen molar-refractivity contribution in [2.75, 3.05) is 13.7 Å². The zero-order valence-electron chi connectivity index (χ0n) is 23.3. The van der Waals surface area contributed by atoms with Gasteiger partial charge in [-0.15, -0.1) is 0 Å². The highest BCUT2D eigenvalue weighted by atomic mass is 32.1. The van der Waals surface area contributed by atoms with Crippen LogP contribution in [-0.2, 0) is 17.1 Å². The van der Waals surface area contributed by atoms with Crippen molar-refractivity contribution >= 4 is 23.0 Å². The molecule has 1 fully saturated rings. The van der Waals surface area contributed by atoms with Gasteiger partial charge in [0.15, 0.2) is 0 Å². The van der Waals surface area contributed by atoms with Crippen LogP contribution in [0, 0.1) is 11.7 Å². The summed E-state index contributed by atoms with van der Waals surface area (Å²) in [6.45, 7) is 7.82. The Hall–Kier alpha value is -2.82. The first-order chi connectivity index (χ1) is 19.0. The molecule has 3 atom stereocenters. The van der Waals surface area contributed by atoms with Gasteiger partial charge in [-0.05, 0) is 96.8 Å². The van der Waals surface area contributed by atoms with Crippen LogP contribution in [0.5, 0.6) is 5.75 Å². The van der Waals surface area contributed by atoms with E-state index in [0.717, 1.165) is 23.1 Å². The highest BCUT2D eigenvalue weighted by Gasteiger charge is 2.42. The maximum absolute atomic E-state index is 14.8. The summed E-state index contributed by atoms with van der Waals surface area (Å²) in [4.78, 5) is 1.69. The van der Waals surface area contributed by atoms with Gasteiger partial charge in [0, 0.05) is 18.2 Å². The monoisotopic (exact) mass is 603 g/mol. The molecular formula is C30H32F7NO2S. The molecule has 0 saturated carbocycles. The summed E-state index contributed by atoms with van der Waals surface area (Å²) in [7, 11) is 1.47. The minimum absolute atomic E-state index is 0.00696. The summed E-state index contributed by atoms with van der Waals surface area (Å²) in [5.41, 5.74) is 0.209. The second-order valence-corrected chi connectivity index (χ2v) is 11.5. The lowest BCUT2D eigenvalue weighted by Gasteiger charge is -2.31. The predicted molar refractivity (Wildman–Crippen MR) is 146 cm³/mol. The Bertz CT molecular complexity index is 1320. The minimum atomic E-state index is -4.97. The van der Waals surface area contributed by atoms with E-state index in [4.69, 9.17) is 21.7 Å². The molecule has 3 unspecified atom stereocenters. The van der Waals surface area contributed by atoms with Crippen LogP contribution in [0.4, 0.5) is 30.7 Å². The molecule has 224 valence electrons. The minimum Gasteiger partial charge on any atom is -0.496 e. The average Bonchev–Trinajstić information content (AvgIpc) is 3.15. The van der Waals surface area contributed by atoms with Crippen LogP contribution >= 0.6 is 12.2 Å². The number of nitrogens with zero attached hydrogens (tertiary/aromatic N) is 1. The molecule has 11 heteroatoms. The summed E-state index contributed by atoms with van der Waals surface area (Å²) < 4.78 is 107. The number of alkyl halides is 6. The molecule has 0 bridgehead atoms. The van der Waals surface area contributed by atoms with Gasteiger partial charge < -0.3 is 14.4 Å². The average molecular weight is 604 g/mol. The first-order valence-corrected chi connectivity index (χ1v) is 13.8. The first kappa shape index (κ1) is 31.1. The number of ether oxygens (including phenoxy) is 2. The number of allylic oxidation sites excluding steroid dienone is 1. The van der Waals surface area contributed by atoms with Gasteiger partial charge in [-0.1, -0.05) is 20.8 Å². The van der Waals surface area contributed by atoms with Gasteiger partial charge in [0.1, 0.15) is 17.7 Å². The molecule has 0 aromatic heterocycles. The van der Waals surface area contributed by atoms with E-state index in [9.17, 15) is 30.7 Å². The van der Waals surface area contributed by atoms with E-state index in [1.165, 1.54) is 13.2 Å². The third-order valence-corrected chi connectivity index (χ3v) is 8.20. The molecule has 0 amide bonds. The summed E-state index contributed by atoms with van der Waals surface area (Å²) in [6, 6.07) is 4.00. The lowest BCUT2D eigenvalue weighted by molar-refractivity contribution is -0.143. The van der Waals surface area contributed by atoms with Gasteiger partial charge in [0.25, 0.3) is 5.17 Å². The SMILES string of the molecule is COc1cc(F)c(C(C)C)cc1C1=C(CN2C(=S)OC(c3cc(C(F)(F)F)cc(C(F)(F)F)c3)C2C)CC(C)CC1. The van der Waals surface area contributed by atoms with Crippen molar-refractivity contribution in [2.45, 2.75) is 77.4 Å². The Balaban J connectivity index is 1.74. The largest absolute Gasteiger partial charge is 0.496 e. The molecule has 3 nitrogen and oxygen atoms in total. The zero-order valence-corrected chi connectivity index (χ0v) is 24.2. The second kappa shape index (κ2) is 11.5. The molecule has 0 radical (unpaired) electrons. The molecule has 41 heavy (non-hydrogen) atoms. The lowest BCUT2D eigenvalue weighted by atomic mass is 9.80.